The molecule has 2 heterocycles. The fraction of sp³-hybridized carbons (Fsp3) is 0.333. The van der Waals surface area contributed by atoms with E-state index in [0.29, 0.717) is 35.5 Å². The van der Waals surface area contributed by atoms with Gasteiger partial charge in [0.25, 0.3) is 5.69 Å². The van der Waals surface area contributed by atoms with Crippen molar-refractivity contribution < 1.29 is 17.8 Å². The number of aromatic nitrogens is 2. The molecule has 1 atom stereocenters. The Balaban J connectivity index is 1.46. The highest BCUT2D eigenvalue weighted by Gasteiger charge is 2.33. The van der Waals surface area contributed by atoms with E-state index in [1.165, 1.54) is 16.4 Å². The summed E-state index contributed by atoms with van der Waals surface area (Å²) in [6, 6.07) is 10.8. The number of sulfonamides is 1. The largest absolute Gasteiger partial charge is 0.419 e. The number of hydrogen-bond acceptors (Lipinski definition) is 8. The van der Waals surface area contributed by atoms with Crippen LogP contribution in [0.25, 0.3) is 11.5 Å². The van der Waals surface area contributed by atoms with Crippen LogP contribution < -0.4 is 0 Å². The molecule has 0 unspecified atom stereocenters. The van der Waals surface area contributed by atoms with Gasteiger partial charge in [0.1, 0.15) is 0 Å². The molecule has 2 aromatic carbocycles. The molecule has 1 saturated heterocycles. The smallest absolute Gasteiger partial charge is 0.270 e. The summed E-state index contributed by atoms with van der Waals surface area (Å²) >= 11 is 6.03. The molecular formula is C21H22ClN5O5S. The molecule has 3 aromatic rings. The van der Waals surface area contributed by atoms with Gasteiger partial charge in [0, 0.05) is 48.9 Å². The highest BCUT2D eigenvalue weighted by Crippen LogP contribution is 2.29. The van der Waals surface area contributed by atoms with Crippen LogP contribution in [-0.4, -0.2) is 58.9 Å². The van der Waals surface area contributed by atoms with Crippen molar-refractivity contribution in [3.8, 4) is 11.5 Å². The molecule has 1 aliphatic rings. The Bertz CT molecular complexity index is 1290. The Morgan fingerprint density at radius 3 is 2.52 bits per heavy atom. The van der Waals surface area contributed by atoms with Gasteiger partial charge in [-0.3, -0.25) is 15.0 Å². The van der Waals surface area contributed by atoms with E-state index in [1.807, 2.05) is 13.0 Å². The minimum absolute atomic E-state index is 0.0405. The van der Waals surface area contributed by atoms with Gasteiger partial charge in [-0.25, -0.2) is 8.42 Å². The monoisotopic (exact) mass is 491 g/mol. The lowest BCUT2D eigenvalue weighted by atomic mass is 10.2. The molecule has 0 amide bonds. The number of benzene rings is 2. The second-order valence-corrected chi connectivity index (χ2v) is 10.1. The van der Waals surface area contributed by atoms with Gasteiger partial charge in [0.05, 0.1) is 15.9 Å². The summed E-state index contributed by atoms with van der Waals surface area (Å²) in [5.41, 5.74) is 0.936. The summed E-state index contributed by atoms with van der Waals surface area (Å²) in [5, 5.41) is 19.9. The Labute approximate surface area is 196 Å². The summed E-state index contributed by atoms with van der Waals surface area (Å²) < 4.78 is 33.5. The van der Waals surface area contributed by atoms with Crippen LogP contribution in [0.15, 0.2) is 51.8 Å². The fourth-order valence-corrected chi connectivity index (χ4v) is 5.61. The van der Waals surface area contributed by atoms with E-state index in [-0.39, 0.29) is 29.7 Å². The number of nitrogens with zero attached hydrogens (tertiary/aromatic N) is 5. The first-order valence-corrected chi connectivity index (χ1v) is 12.1. The van der Waals surface area contributed by atoms with Crippen molar-refractivity contribution in [3.63, 3.8) is 0 Å². The van der Waals surface area contributed by atoms with E-state index in [1.54, 1.807) is 25.1 Å². The van der Waals surface area contributed by atoms with Crippen molar-refractivity contribution in [2.24, 2.45) is 0 Å². The number of piperazine rings is 1. The molecule has 0 N–H and O–H groups in total. The second kappa shape index (κ2) is 9.18. The van der Waals surface area contributed by atoms with Gasteiger partial charge in [-0.2, -0.15) is 4.31 Å². The molecule has 174 valence electrons. The first kappa shape index (κ1) is 23.3. The predicted octanol–water partition coefficient (Wildman–Crippen LogP) is 3.67. The highest BCUT2D eigenvalue weighted by molar-refractivity contribution is 7.89. The van der Waals surface area contributed by atoms with Crippen LogP contribution in [0.1, 0.15) is 24.4 Å². The van der Waals surface area contributed by atoms with Crippen LogP contribution in [0.5, 0.6) is 0 Å². The van der Waals surface area contributed by atoms with Gasteiger partial charge < -0.3 is 4.42 Å². The van der Waals surface area contributed by atoms with E-state index >= 15 is 0 Å². The maximum Gasteiger partial charge on any atom is 0.270 e. The average molecular weight is 492 g/mol. The van der Waals surface area contributed by atoms with Crippen LogP contribution in [0.2, 0.25) is 5.02 Å². The Morgan fingerprint density at radius 1 is 1.12 bits per heavy atom. The number of rotatable bonds is 6. The summed E-state index contributed by atoms with van der Waals surface area (Å²) in [5.74, 6) is 0.789. The minimum Gasteiger partial charge on any atom is -0.419 e. The van der Waals surface area contributed by atoms with E-state index in [0.717, 1.165) is 11.6 Å². The van der Waals surface area contributed by atoms with Crippen LogP contribution >= 0.6 is 11.6 Å². The number of halogens is 1. The second-order valence-electron chi connectivity index (χ2n) is 7.78. The topological polar surface area (TPSA) is 123 Å². The molecule has 0 aliphatic carbocycles. The molecule has 0 radical (unpaired) electrons. The van der Waals surface area contributed by atoms with Crippen molar-refractivity contribution in [1.82, 2.24) is 19.4 Å². The number of non-ortho nitro benzene ring substituents is 1. The van der Waals surface area contributed by atoms with Gasteiger partial charge in [-0.1, -0.05) is 23.7 Å². The quantitative estimate of drug-likeness (QED) is 0.378. The van der Waals surface area contributed by atoms with Gasteiger partial charge >= 0.3 is 0 Å². The third-order valence-electron chi connectivity index (χ3n) is 5.69. The Kier molecular flexibility index (Phi) is 6.48. The zero-order valence-electron chi connectivity index (χ0n) is 18.0. The molecule has 4 rings (SSSR count). The third kappa shape index (κ3) is 4.76. The minimum atomic E-state index is -3.86. The summed E-state index contributed by atoms with van der Waals surface area (Å²) in [4.78, 5) is 12.5. The van der Waals surface area contributed by atoms with Crippen LogP contribution in [0.3, 0.4) is 0 Å². The fourth-order valence-electron chi connectivity index (χ4n) is 3.75. The summed E-state index contributed by atoms with van der Waals surface area (Å²) in [6.07, 6.45) is 0. The molecule has 0 spiro atoms. The van der Waals surface area contributed by atoms with Crippen molar-refractivity contribution in [1.29, 1.82) is 0 Å². The Morgan fingerprint density at radius 2 is 1.85 bits per heavy atom. The number of nitro groups is 1. The number of aryl methyl sites for hydroxylation is 1. The van der Waals surface area contributed by atoms with Gasteiger partial charge in [0.2, 0.25) is 21.8 Å². The SMILES string of the molecule is Cc1ccc([N+](=O)[O-])cc1S(=O)(=O)N1CCN([C@@H](C)c2nnc(-c3cccc(Cl)c3)o2)CC1. The standard InChI is InChI=1S/C21H22ClN5O5S/c1-14-6-7-18(27(28)29)13-19(14)33(30,31)26-10-8-25(9-11-26)15(2)20-23-24-21(32-20)16-4-3-5-17(22)12-16/h3-7,12-13,15H,8-11H2,1-2H3/t15-/m0/s1. The van der Waals surface area contributed by atoms with Gasteiger partial charge in [-0.05, 0) is 37.6 Å². The zero-order valence-corrected chi connectivity index (χ0v) is 19.6. The molecule has 0 bridgehead atoms. The summed E-state index contributed by atoms with van der Waals surface area (Å²) in [6.45, 7) is 4.92. The van der Waals surface area contributed by atoms with Crippen molar-refractivity contribution in [2.45, 2.75) is 24.8 Å². The van der Waals surface area contributed by atoms with Crippen LogP contribution in [0.4, 0.5) is 5.69 Å². The lowest BCUT2D eigenvalue weighted by Crippen LogP contribution is -2.49. The normalized spacial score (nSPS) is 16.6. The van der Waals surface area contributed by atoms with E-state index in [9.17, 15) is 18.5 Å². The molecular weight excluding hydrogens is 470 g/mol. The molecule has 33 heavy (non-hydrogen) atoms. The van der Waals surface area contributed by atoms with Gasteiger partial charge in [-0.15, -0.1) is 10.2 Å². The Hall–Kier alpha value is -2.86. The molecule has 1 fully saturated rings. The van der Waals surface area contributed by atoms with Crippen molar-refractivity contribution in [3.05, 3.63) is 69.1 Å². The van der Waals surface area contributed by atoms with E-state index in [2.05, 4.69) is 15.1 Å². The van der Waals surface area contributed by atoms with Crippen molar-refractivity contribution >= 4 is 27.3 Å². The molecule has 0 saturated carbocycles. The highest BCUT2D eigenvalue weighted by atomic mass is 35.5. The lowest BCUT2D eigenvalue weighted by Gasteiger charge is -2.36. The number of nitro benzene ring substituents is 1. The third-order valence-corrected chi connectivity index (χ3v) is 7.97. The maximum atomic E-state index is 13.2. The van der Waals surface area contributed by atoms with Gasteiger partial charge in [0.15, 0.2) is 0 Å². The maximum absolute atomic E-state index is 13.2. The zero-order chi connectivity index (χ0) is 23.8. The first-order valence-electron chi connectivity index (χ1n) is 10.3. The first-order chi connectivity index (χ1) is 15.7. The molecule has 1 aliphatic heterocycles. The average Bonchev–Trinajstić information content (AvgIpc) is 3.29. The summed E-state index contributed by atoms with van der Waals surface area (Å²) in [7, 11) is -3.86. The molecule has 1 aromatic heterocycles. The molecule has 12 heteroatoms. The van der Waals surface area contributed by atoms with Crippen LogP contribution in [-0.2, 0) is 10.0 Å². The van der Waals surface area contributed by atoms with Crippen LogP contribution in [0, 0.1) is 17.0 Å². The van der Waals surface area contributed by atoms with E-state index in [4.69, 9.17) is 16.0 Å². The molecule has 10 nitrogen and oxygen atoms in total. The van der Waals surface area contributed by atoms with Crippen molar-refractivity contribution in [2.75, 3.05) is 26.2 Å². The lowest BCUT2D eigenvalue weighted by molar-refractivity contribution is -0.385. The predicted molar refractivity (Wildman–Crippen MR) is 121 cm³/mol. The number of hydrogen-bond donors (Lipinski definition) is 0. The van der Waals surface area contributed by atoms with E-state index < -0.39 is 14.9 Å².